The van der Waals surface area contributed by atoms with Crippen LogP contribution in [0.1, 0.15) is 21.9 Å². The van der Waals surface area contributed by atoms with Gasteiger partial charge in [0.2, 0.25) is 11.8 Å². The lowest BCUT2D eigenvalue weighted by Crippen LogP contribution is -2.32. The van der Waals surface area contributed by atoms with Crippen LogP contribution in [0.4, 0.5) is 24.5 Å². The molecule has 3 unspecified atom stereocenters. The summed E-state index contributed by atoms with van der Waals surface area (Å²) >= 11 is 13.8. The Hall–Kier alpha value is -3.78. The second-order valence-electron chi connectivity index (χ2n) is 9.84. The number of nitrogens with one attached hydrogen (secondary N) is 2. The quantitative estimate of drug-likeness (QED) is 0.223. The van der Waals surface area contributed by atoms with Crippen LogP contribution in [0.5, 0.6) is 5.75 Å². The van der Waals surface area contributed by atoms with E-state index in [-0.39, 0.29) is 22.2 Å². The zero-order valence-electron chi connectivity index (χ0n) is 22.0. The summed E-state index contributed by atoms with van der Waals surface area (Å²) in [7, 11) is 0. The third-order valence-electron chi connectivity index (χ3n) is 7.07. The van der Waals surface area contributed by atoms with Crippen molar-refractivity contribution in [3.8, 4) is 5.75 Å². The summed E-state index contributed by atoms with van der Waals surface area (Å²) in [4.78, 5) is 55.7. The minimum Gasteiger partial charge on any atom is -0.484 e. The van der Waals surface area contributed by atoms with Gasteiger partial charge >= 0.3 is 11.0 Å². The number of halogens is 5. The van der Waals surface area contributed by atoms with Gasteiger partial charge in [-0.2, -0.15) is 13.2 Å². The number of imide groups is 1. The van der Waals surface area contributed by atoms with Crippen LogP contribution in [0.2, 0.25) is 10.0 Å². The molecule has 226 valence electrons. The van der Waals surface area contributed by atoms with Gasteiger partial charge in [-0.3, -0.25) is 19.2 Å². The van der Waals surface area contributed by atoms with Crippen molar-refractivity contribution in [2.24, 2.45) is 5.92 Å². The van der Waals surface area contributed by atoms with Gasteiger partial charge in [-0.1, -0.05) is 64.5 Å². The first-order valence-corrected chi connectivity index (χ1v) is 15.3. The standard InChI is InChI=1S/C29H18Cl2F3N3O5S2/c30-18-9-6-15(11-19(18)31)35-20(38)12-42-17-7-4-13(5-8-17)21-22-24(43-25-23(21)44-28(41)36-25)27(40)37(26(22)39)16-3-1-2-14(10-16)29(32,33)34/h1-11,21-22,24H,12H2,(H,35,38)(H,36,41). The fraction of sp³-hybridized carbons (Fsp3) is 0.172. The lowest BCUT2D eigenvalue weighted by Gasteiger charge is -2.29. The molecule has 2 aliphatic rings. The number of hydrogen-bond acceptors (Lipinski definition) is 7. The second-order valence-corrected chi connectivity index (χ2v) is 12.8. The average molecular weight is 681 g/mol. The molecule has 3 heterocycles. The van der Waals surface area contributed by atoms with Gasteiger partial charge in [0.1, 0.15) is 11.0 Å². The number of nitrogens with zero attached hydrogens (tertiary/aromatic N) is 1. The van der Waals surface area contributed by atoms with Gasteiger partial charge in [0, 0.05) is 16.5 Å². The van der Waals surface area contributed by atoms with E-state index in [4.69, 9.17) is 27.9 Å². The second kappa shape index (κ2) is 11.6. The molecule has 0 saturated carbocycles. The minimum absolute atomic E-state index is 0.177. The summed E-state index contributed by atoms with van der Waals surface area (Å²) in [6.07, 6.45) is -4.66. The third kappa shape index (κ3) is 5.72. The number of alkyl halides is 3. The smallest absolute Gasteiger partial charge is 0.416 e. The summed E-state index contributed by atoms with van der Waals surface area (Å²) in [5.41, 5.74) is -0.150. The molecular weight excluding hydrogens is 662 g/mol. The van der Waals surface area contributed by atoms with E-state index in [0.717, 1.165) is 46.2 Å². The number of amides is 3. The summed E-state index contributed by atoms with van der Waals surface area (Å²) in [5.74, 6) is -3.17. The van der Waals surface area contributed by atoms with Gasteiger partial charge in [-0.05, 0) is 54.1 Å². The first-order valence-electron chi connectivity index (χ1n) is 12.8. The van der Waals surface area contributed by atoms with Crippen molar-refractivity contribution < 1.29 is 32.3 Å². The lowest BCUT2D eigenvalue weighted by molar-refractivity contribution is -0.137. The average Bonchev–Trinajstić information content (AvgIpc) is 3.47. The predicted molar refractivity (Wildman–Crippen MR) is 161 cm³/mol. The Morgan fingerprint density at radius 1 is 0.977 bits per heavy atom. The van der Waals surface area contributed by atoms with Crippen LogP contribution in [0.15, 0.2) is 76.6 Å². The number of aromatic amines is 1. The first-order chi connectivity index (χ1) is 20.9. The molecule has 0 bridgehead atoms. The normalized spacial score (nSPS) is 19.5. The number of benzene rings is 3. The summed E-state index contributed by atoms with van der Waals surface area (Å²) < 4.78 is 45.8. The van der Waals surface area contributed by atoms with Gasteiger partial charge in [0.15, 0.2) is 6.61 Å². The van der Waals surface area contributed by atoms with E-state index in [1.54, 1.807) is 36.4 Å². The highest BCUT2D eigenvalue weighted by atomic mass is 35.5. The van der Waals surface area contributed by atoms with E-state index in [1.807, 2.05) is 0 Å². The maximum Gasteiger partial charge on any atom is 0.416 e. The van der Waals surface area contributed by atoms with Crippen LogP contribution in [0.3, 0.4) is 0 Å². The minimum atomic E-state index is -4.66. The highest BCUT2D eigenvalue weighted by Crippen LogP contribution is 2.53. The Morgan fingerprint density at radius 2 is 1.73 bits per heavy atom. The molecule has 2 N–H and O–H groups in total. The van der Waals surface area contributed by atoms with E-state index in [0.29, 0.717) is 31.9 Å². The van der Waals surface area contributed by atoms with Crippen LogP contribution >= 0.6 is 46.3 Å². The molecule has 3 amide bonds. The number of thiazole rings is 1. The molecular formula is C29H18Cl2F3N3O5S2. The molecule has 44 heavy (non-hydrogen) atoms. The number of carbonyl (C=O) groups is 3. The molecule has 4 aromatic rings. The number of aromatic nitrogens is 1. The molecule has 0 aliphatic carbocycles. The van der Waals surface area contributed by atoms with Crippen molar-refractivity contribution in [1.82, 2.24) is 4.98 Å². The molecule has 1 saturated heterocycles. The van der Waals surface area contributed by atoms with Crippen LogP contribution in [-0.4, -0.2) is 34.6 Å². The van der Waals surface area contributed by atoms with E-state index in [9.17, 15) is 32.3 Å². The number of carbonyl (C=O) groups excluding carboxylic acids is 3. The molecule has 3 aromatic carbocycles. The number of anilines is 2. The van der Waals surface area contributed by atoms with Crippen molar-refractivity contribution in [2.45, 2.75) is 22.4 Å². The predicted octanol–water partition coefficient (Wildman–Crippen LogP) is 6.58. The van der Waals surface area contributed by atoms with Gasteiger partial charge in [-0.15, -0.1) is 0 Å². The Morgan fingerprint density at radius 3 is 2.43 bits per heavy atom. The fourth-order valence-electron chi connectivity index (χ4n) is 5.14. The van der Waals surface area contributed by atoms with Gasteiger partial charge in [0.05, 0.1) is 32.2 Å². The van der Waals surface area contributed by atoms with Gasteiger partial charge in [-0.25, -0.2) is 4.90 Å². The number of thioether (sulfide) groups is 1. The maximum atomic E-state index is 13.8. The van der Waals surface area contributed by atoms with E-state index >= 15 is 0 Å². The number of fused-ring (bicyclic) bond motifs is 2. The molecule has 1 aromatic heterocycles. The van der Waals surface area contributed by atoms with Crippen molar-refractivity contribution in [1.29, 1.82) is 0 Å². The van der Waals surface area contributed by atoms with Crippen LogP contribution in [0, 0.1) is 5.92 Å². The number of rotatable bonds is 6. The van der Waals surface area contributed by atoms with Gasteiger partial charge < -0.3 is 15.0 Å². The summed E-state index contributed by atoms with van der Waals surface area (Å²) in [6.45, 7) is -0.327. The SMILES string of the molecule is O=C(COc1ccc(C2c3sc(=O)[nH]c3SC3C(=O)N(c4cccc(C(F)(F)F)c4)C(=O)C32)cc1)Nc1ccc(Cl)c(Cl)c1. The molecule has 15 heteroatoms. The summed E-state index contributed by atoms with van der Waals surface area (Å²) in [5, 5.41) is 2.72. The lowest BCUT2D eigenvalue weighted by atomic mass is 9.83. The molecule has 8 nitrogen and oxygen atoms in total. The van der Waals surface area contributed by atoms with Crippen LogP contribution in [0.25, 0.3) is 0 Å². The Labute approximate surface area is 265 Å². The zero-order chi connectivity index (χ0) is 31.3. The Bertz CT molecular complexity index is 1860. The largest absolute Gasteiger partial charge is 0.484 e. The number of hydrogen-bond donors (Lipinski definition) is 2. The first kappa shape index (κ1) is 30.3. The molecule has 1 fully saturated rings. The number of ether oxygens (including phenoxy) is 1. The monoisotopic (exact) mass is 679 g/mol. The van der Waals surface area contributed by atoms with E-state index in [2.05, 4.69) is 10.3 Å². The highest BCUT2D eigenvalue weighted by molar-refractivity contribution is 8.00. The molecule has 6 rings (SSSR count). The van der Waals surface area contributed by atoms with Crippen molar-refractivity contribution in [2.75, 3.05) is 16.8 Å². The molecule has 0 radical (unpaired) electrons. The van der Waals surface area contributed by atoms with Gasteiger partial charge in [0.25, 0.3) is 5.91 Å². The van der Waals surface area contributed by atoms with Crippen molar-refractivity contribution in [3.63, 3.8) is 0 Å². The molecule has 3 atom stereocenters. The number of H-pyrrole nitrogens is 1. The van der Waals surface area contributed by atoms with Crippen molar-refractivity contribution in [3.05, 3.63) is 102 Å². The highest BCUT2D eigenvalue weighted by Gasteiger charge is 2.56. The zero-order valence-corrected chi connectivity index (χ0v) is 25.1. The fourth-order valence-corrected chi connectivity index (χ4v) is 7.96. The molecule has 0 spiro atoms. The topological polar surface area (TPSA) is 109 Å². The third-order valence-corrected chi connectivity index (χ3v) is 10.2. The Balaban J connectivity index is 1.24. The Kier molecular flexibility index (Phi) is 7.99. The van der Waals surface area contributed by atoms with E-state index in [1.165, 1.54) is 12.1 Å². The molecule has 2 aliphatic heterocycles. The van der Waals surface area contributed by atoms with Crippen LogP contribution in [-0.2, 0) is 20.6 Å². The van der Waals surface area contributed by atoms with Crippen LogP contribution < -0.4 is 19.8 Å². The summed E-state index contributed by atoms with van der Waals surface area (Å²) in [6, 6.07) is 15.2. The maximum absolute atomic E-state index is 13.8. The van der Waals surface area contributed by atoms with Crippen molar-refractivity contribution >= 4 is 75.4 Å². The van der Waals surface area contributed by atoms with E-state index < -0.39 is 46.5 Å².